The van der Waals surface area contributed by atoms with Gasteiger partial charge in [0.25, 0.3) is 0 Å². The first kappa shape index (κ1) is 20.1. The van der Waals surface area contributed by atoms with Crippen LogP contribution < -0.4 is 4.90 Å². The zero-order valence-corrected chi connectivity index (χ0v) is 16.8. The van der Waals surface area contributed by atoms with Gasteiger partial charge in [-0.1, -0.05) is 11.3 Å². The predicted octanol–water partition coefficient (Wildman–Crippen LogP) is 1.82. The molecule has 0 N–H and O–H groups in total. The van der Waals surface area contributed by atoms with Crippen LogP contribution in [0.2, 0.25) is 0 Å². The van der Waals surface area contributed by atoms with Crippen molar-refractivity contribution in [1.82, 2.24) is 15.0 Å². The second-order valence-electron chi connectivity index (χ2n) is 7.19. The van der Waals surface area contributed by atoms with Crippen molar-refractivity contribution in [3.8, 4) is 12.3 Å². The molecule has 0 spiro atoms. The molecule has 0 unspecified atom stereocenters. The summed E-state index contributed by atoms with van der Waals surface area (Å²) in [6.07, 6.45) is 8.09. The SMILES string of the molecule is C#CCc1cn(C[C@H]2CN(c3ccc(C4=CCS(=O)(=O)CC4)c(F)c3)C(=O)O2)nn1. The van der Waals surface area contributed by atoms with Crippen LogP contribution in [0.3, 0.4) is 0 Å². The molecule has 156 valence electrons. The van der Waals surface area contributed by atoms with Gasteiger partial charge in [-0.3, -0.25) is 4.90 Å². The van der Waals surface area contributed by atoms with E-state index in [4.69, 9.17) is 11.2 Å². The van der Waals surface area contributed by atoms with Gasteiger partial charge in [-0.05, 0) is 30.2 Å². The summed E-state index contributed by atoms with van der Waals surface area (Å²) >= 11 is 0. The van der Waals surface area contributed by atoms with Crippen molar-refractivity contribution < 1.29 is 22.3 Å². The van der Waals surface area contributed by atoms with Crippen LogP contribution in [0.1, 0.15) is 17.7 Å². The molecule has 0 radical (unpaired) electrons. The quantitative estimate of drug-likeness (QED) is 0.672. The second kappa shape index (κ2) is 7.91. The number of rotatable bonds is 5. The Labute approximate surface area is 173 Å². The lowest BCUT2D eigenvalue weighted by Crippen LogP contribution is -2.26. The van der Waals surface area contributed by atoms with Crippen LogP contribution in [0.5, 0.6) is 0 Å². The van der Waals surface area contributed by atoms with Gasteiger partial charge >= 0.3 is 6.09 Å². The Hall–Kier alpha value is -3.19. The van der Waals surface area contributed by atoms with E-state index in [-0.39, 0.29) is 24.5 Å². The number of allylic oxidation sites excluding steroid dienone is 1. The summed E-state index contributed by atoms with van der Waals surface area (Å²) in [5.74, 6) is 1.89. The van der Waals surface area contributed by atoms with E-state index in [1.165, 1.54) is 11.0 Å². The van der Waals surface area contributed by atoms with E-state index in [1.807, 2.05) is 0 Å². The lowest BCUT2D eigenvalue weighted by molar-refractivity contribution is 0.129. The van der Waals surface area contributed by atoms with Crippen LogP contribution in [-0.4, -0.2) is 53.7 Å². The summed E-state index contributed by atoms with van der Waals surface area (Å²) < 4.78 is 44.8. The van der Waals surface area contributed by atoms with E-state index in [0.29, 0.717) is 35.5 Å². The third kappa shape index (κ3) is 4.21. The number of hydrogen-bond donors (Lipinski definition) is 0. The molecule has 2 aromatic rings. The first-order chi connectivity index (χ1) is 14.3. The number of carbonyl (C=O) groups is 1. The van der Waals surface area contributed by atoms with Crippen LogP contribution in [0.15, 0.2) is 30.5 Å². The van der Waals surface area contributed by atoms with E-state index < -0.39 is 27.9 Å². The van der Waals surface area contributed by atoms with Crippen LogP contribution in [0.25, 0.3) is 5.57 Å². The summed E-state index contributed by atoms with van der Waals surface area (Å²) in [5.41, 5.74) is 2.03. The second-order valence-corrected chi connectivity index (χ2v) is 9.42. The third-order valence-corrected chi connectivity index (χ3v) is 6.51. The molecule has 4 rings (SSSR count). The molecule has 1 atom stereocenters. The number of carbonyl (C=O) groups excluding carboxylic acids is 1. The number of hydrogen-bond acceptors (Lipinski definition) is 6. The maximum Gasteiger partial charge on any atom is 0.414 e. The molecule has 3 heterocycles. The number of aromatic nitrogens is 3. The topological polar surface area (TPSA) is 94.4 Å². The van der Waals surface area contributed by atoms with Crippen molar-refractivity contribution >= 4 is 27.2 Å². The number of amides is 1. The van der Waals surface area contributed by atoms with Crippen molar-refractivity contribution in [3.63, 3.8) is 0 Å². The number of cyclic esters (lactones) is 1. The van der Waals surface area contributed by atoms with Crippen LogP contribution in [0.4, 0.5) is 14.9 Å². The monoisotopic (exact) mass is 430 g/mol. The van der Waals surface area contributed by atoms with Crippen molar-refractivity contribution in [1.29, 1.82) is 0 Å². The fourth-order valence-electron chi connectivity index (χ4n) is 3.50. The molecule has 2 aliphatic heterocycles. The average Bonchev–Trinajstić information content (AvgIpc) is 3.29. The number of halogens is 1. The average molecular weight is 430 g/mol. The molecule has 2 aliphatic rings. The molecule has 30 heavy (non-hydrogen) atoms. The summed E-state index contributed by atoms with van der Waals surface area (Å²) in [4.78, 5) is 13.6. The van der Waals surface area contributed by atoms with Crippen LogP contribution in [0, 0.1) is 18.2 Å². The van der Waals surface area contributed by atoms with Crippen molar-refractivity contribution in [2.24, 2.45) is 0 Å². The van der Waals surface area contributed by atoms with Gasteiger partial charge in [0.05, 0.1) is 42.4 Å². The highest BCUT2D eigenvalue weighted by atomic mass is 32.2. The van der Waals surface area contributed by atoms with Crippen LogP contribution >= 0.6 is 0 Å². The molecule has 0 saturated carbocycles. The lowest BCUT2D eigenvalue weighted by Gasteiger charge is -2.17. The standard InChI is InChI=1S/C20H19FN4O4S/c1-2-3-15-11-24(23-22-15)12-17-13-25(20(26)29-17)16-4-5-18(19(21)10-16)14-6-8-30(27,28)9-7-14/h1,4-6,10-11,17H,3,7-9,12-13H2/t17-/m0/s1. The Kier molecular flexibility index (Phi) is 5.30. The van der Waals surface area contributed by atoms with E-state index in [2.05, 4.69) is 16.2 Å². The van der Waals surface area contributed by atoms with Crippen LogP contribution in [-0.2, 0) is 27.5 Å². The minimum atomic E-state index is -3.09. The van der Waals surface area contributed by atoms with Gasteiger partial charge in [-0.15, -0.1) is 17.4 Å². The summed E-state index contributed by atoms with van der Waals surface area (Å²) in [5, 5.41) is 7.90. The fourth-order valence-corrected chi connectivity index (χ4v) is 4.66. The van der Waals surface area contributed by atoms with Gasteiger partial charge in [-0.2, -0.15) is 0 Å². The Balaban J connectivity index is 1.46. The normalized spacial score (nSPS) is 20.5. The number of anilines is 1. The predicted molar refractivity (Wildman–Crippen MR) is 108 cm³/mol. The van der Waals surface area contributed by atoms with Gasteiger partial charge in [0.15, 0.2) is 9.84 Å². The van der Waals surface area contributed by atoms with E-state index in [9.17, 15) is 17.6 Å². The molecule has 1 fully saturated rings. The number of terminal acetylenes is 1. The Morgan fingerprint density at radius 2 is 2.20 bits per heavy atom. The van der Waals surface area contributed by atoms with Gasteiger partial charge in [0.2, 0.25) is 0 Å². The first-order valence-corrected chi connectivity index (χ1v) is 11.2. The summed E-state index contributed by atoms with van der Waals surface area (Å²) in [6.45, 7) is 0.546. The lowest BCUT2D eigenvalue weighted by atomic mass is 10.0. The Morgan fingerprint density at radius 3 is 2.90 bits per heavy atom. The minimum Gasteiger partial charge on any atom is -0.442 e. The zero-order valence-electron chi connectivity index (χ0n) is 16.0. The molecule has 0 bridgehead atoms. The van der Waals surface area contributed by atoms with Crippen molar-refractivity contribution in [2.45, 2.75) is 25.5 Å². The first-order valence-electron chi connectivity index (χ1n) is 9.34. The molecular formula is C20H19FN4O4S. The molecule has 1 aromatic carbocycles. The highest BCUT2D eigenvalue weighted by molar-refractivity contribution is 7.91. The Bertz CT molecular complexity index is 1170. The maximum absolute atomic E-state index is 14.7. The number of ether oxygens (including phenoxy) is 1. The zero-order chi connectivity index (χ0) is 21.3. The molecule has 1 amide bonds. The molecule has 10 heteroatoms. The molecule has 8 nitrogen and oxygen atoms in total. The van der Waals surface area contributed by atoms with E-state index >= 15 is 0 Å². The molecule has 1 aromatic heterocycles. The smallest absolute Gasteiger partial charge is 0.414 e. The fraction of sp³-hybridized carbons (Fsp3) is 0.350. The number of sulfone groups is 1. The Morgan fingerprint density at radius 1 is 1.37 bits per heavy atom. The number of benzene rings is 1. The van der Waals surface area contributed by atoms with Gasteiger partial charge in [-0.25, -0.2) is 22.3 Å². The van der Waals surface area contributed by atoms with Crippen molar-refractivity contribution in [2.75, 3.05) is 23.0 Å². The van der Waals surface area contributed by atoms with E-state index in [1.54, 1.807) is 29.1 Å². The summed E-state index contributed by atoms with van der Waals surface area (Å²) in [7, 11) is -3.09. The van der Waals surface area contributed by atoms with Gasteiger partial charge in [0.1, 0.15) is 11.9 Å². The maximum atomic E-state index is 14.7. The minimum absolute atomic E-state index is 0.00545. The van der Waals surface area contributed by atoms with Crippen molar-refractivity contribution in [3.05, 3.63) is 47.5 Å². The third-order valence-electron chi connectivity index (χ3n) is 5.01. The van der Waals surface area contributed by atoms with Gasteiger partial charge < -0.3 is 4.74 Å². The highest BCUT2D eigenvalue weighted by Gasteiger charge is 2.33. The van der Waals surface area contributed by atoms with Gasteiger partial charge in [0, 0.05) is 11.8 Å². The largest absolute Gasteiger partial charge is 0.442 e. The number of nitrogens with zero attached hydrogens (tertiary/aromatic N) is 4. The highest BCUT2D eigenvalue weighted by Crippen LogP contribution is 2.30. The summed E-state index contributed by atoms with van der Waals surface area (Å²) in [6, 6.07) is 4.47. The molecular weight excluding hydrogens is 411 g/mol. The molecule has 0 aliphatic carbocycles. The molecule has 1 saturated heterocycles. The van der Waals surface area contributed by atoms with E-state index in [0.717, 1.165) is 0 Å².